The Balaban J connectivity index is 0.616. The second-order valence-electron chi connectivity index (χ2n) is 20.5. The third-order valence-electron chi connectivity index (χ3n) is 14.2. The van der Waals surface area contributed by atoms with Crippen LogP contribution in [0.3, 0.4) is 0 Å². The summed E-state index contributed by atoms with van der Waals surface area (Å²) in [7, 11) is 2.64. The summed E-state index contributed by atoms with van der Waals surface area (Å²) < 4.78 is 61.8. The van der Waals surface area contributed by atoms with Gasteiger partial charge in [-0.1, -0.05) is 59.0 Å². The van der Waals surface area contributed by atoms with Gasteiger partial charge in [-0.15, -0.1) is 10.2 Å². The van der Waals surface area contributed by atoms with Crippen LogP contribution in [-0.2, 0) is 64.9 Å². The summed E-state index contributed by atoms with van der Waals surface area (Å²) in [6.45, 7) is 4.58. The smallest absolute Gasteiger partial charge is 0.337 e. The second kappa shape index (κ2) is 29.7. The molecule has 5 heterocycles. The molecule has 0 radical (unpaired) electrons. The van der Waals surface area contributed by atoms with E-state index in [1.54, 1.807) is 167 Å². The lowest BCUT2D eigenvalue weighted by atomic mass is 10.1. The van der Waals surface area contributed by atoms with Gasteiger partial charge in [0.15, 0.2) is 11.5 Å². The maximum absolute atomic E-state index is 13.7. The number of rotatable bonds is 30. The van der Waals surface area contributed by atoms with E-state index < -0.39 is 11.9 Å². The van der Waals surface area contributed by atoms with Crippen molar-refractivity contribution in [3.05, 3.63) is 242 Å². The number of methoxy groups -OCH3 is 2. The van der Waals surface area contributed by atoms with E-state index in [1.165, 1.54) is 14.2 Å². The summed E-state index contributed by atoms with van der Waals surface area (Å²) in [4.78, 5) is 58.1. The largest absolute Gasteiger partial charge is 0.491 e. The lowest BCUT2D eigenvalue weighted by Gasteiger charge is -2.20. The molecule has 0 unspecified atom stereocenters. The van der Waals surface area contributed by atoms with Crippen LogP contribution >= 0.6 is 0 Å². The first kappa shape index (κ1) is 60.9. The zero-order valence-corrected chi connectivity index (χ0v) is 49.3. The van der Waals surface area contributed by atoms with E-state index in [0.717, 1.165) is 17.0 Å². The van der Waals surface area contributed by atoms with Gasteiger partial charge in [0.05, 0.1) is 87.0 Å². The molecule has 11 aromatic rings. The number of fused-ring (bicyclic) bond motifs is 2. The molecular formula is C68H62N8O14. The quantitative estimate of drug-likeness (QED) is 0.0300. The van der Waals surface area contributed by atoms with Crippen LogP contribution in [-0.4, -0.2) is 106 Å². The van der Waals surface area contributed by atoms with E-state index in [4.69, 9.17) is 46.7 Å². The fourth-order valence-electron chi connectivity index (χ4n) is 9.79. The number of pyridine rings is 1. The highest BCUT2D eigenvalue weighted by Gasteiger charge is 2.21. The van der Waals surface area contributed by atoms with E-state index >= 15 is 0 Å². The van der Waals surface area contributed by atoms with Gasteiger partial charge in [0.25, 0.3) is 0 Å². The van der Waals surface area contributed by atoms with Crippen LogP contribution in [0, 0.1) is 0 Å². The number of carbonyl (C=O) groups is 2. The predicted octanol–water partition coefficient (Wildman–Crippen LogP) is 9.94. The van der Waals surface area contributed by atoms with Crippen molar-refractivity contribution in [1.29, 1.82) is 0 Å². The number of para-hydroxylation sites is 2. The average molecular weight is 1220 g/mol. The van der Waals surface area contributed by atoms with Crippen LogP contribution < -0.4 is 29.8 Å². The standard InChI is InChI=1S/C68H62N8O14/c1-81-67(79)51-11-7-9-47(37-51)44-87-65-61(77)57-13-3-5-15-59(57)89-63(65)49-17-21-55(22-18-49)85-35-33-83-31-29-75-42-53(70-72-75)40-74(39-46-25-27-69-28-26-46)41-54-43-76(73-71-54)30-32-84-34-36-86-56-23-19-50(20-24-56)64-66(62(78)58-14-4-6-16-60(58)90-64)88-45-48-10-8-12-52(38-48)68(80)82-2/h3-28,37-38,42-43H,29-36,39-41,44-45H2,1-2H3. The Kier molecular flexibility index (Phi) is 20.1. The van der Waals surface area contributed by atoms with Crippen LogP contribution in [0.5, 0.6) is 23.0 Å². The van der Waals surface area contributed by atoms with Crippen LogP contribution in [0.2, 0.25) is 0 Å². The first-order valence-electron chi connectivity index (χ1n) is 28.9. The van der Waals surface area contributed by atoms with Gasteiger partial charge in [-0.25, -0.2) is 19.0 Å². The Morgan fingerprint density at radius 2 is 0.933 bits per heavy atom. The fourth-order valence-corrected chi connectivity index (χ4v) is 9.79. The average Bonchev–Trinajstić information content (AvgIpc) is 1.09. The molecule has 90 heavy (non-hydrogen) atoms. The van der Waals surface area contributed by atoms with Crippen molar-refractivity contribution in [2.45, 2.75) is 45.9 Å². The monoisotopic (exact) mass is 1210 g/mol. The topological polar surface area (TPSA) is 246 Å². The van der Waals surface area contributed by atoms with Crippen molar-refractivity contribution < 1.29 is 56.3 Å². The van der Waals surface area contributed by atoms with Crippen molar-refractivity contribution >= 4 is 33.9 Å². The molecule has 0 bridgehead atoms. The molecule has 0 atom stereocenters. The van der Waals surface area contributed by atoms with E-state index in [2.05, 4.69) is 30.5 Å². The maximum atomic E-state index is 13.7. The van der Waals surface area contributed by atoms with Gasteiger partial charge in [0.1, 0.15) is 49.1 Å². The number of aromatic nitrogens is 7. The molecule has 0 spiro atoms. The van der Waals surface area contributed by atoms with Crippen LogP contribution in [0.15, 0.2) is 201 Å². The molecule has 22 nitrogen and oxygen atoms in total. The van der Waals surface area contributed by atoms with Crippen molar-refractivity contribution in [2.24, 2.45) is 0 Å². The molecule has 0 aliphatic rings. The summed E-state index contributed by atoms with van der Waals surface area (Å²) in [5.74, 6) is 0.884. The fraction of sp³-hybridized carbons (Fsp3) is 0.221. The molecule has 11 rings (SSSR count). The molecule has 0 N–H and O–H groups in total. The SMILES string of the molecule is COC(=O)c1cccc(COc2c(-c3ccc(OCCOCCn4cc(CN(Cc5ccncc5)Cc5cn(CCOCCOc6ccc(-c7oc8ccccc8c(=O)c7OCc7cccc(C(=O)OC)c7)cc6)nn5)nn4)cc3)oc3ccccc3c2=O)c1. The van der Waals surface area contributed by atoms with E-state index in [-0.39, 0.29) is 47.1 Å². The Hall–Kier alpha value is -10.8. The van der Waals surface area contributed by atoms with E-state index in [1.807, 2.05) is 24.5 Å². The van der Waals surface area contributed by atoms with Gasteiger partial charge in [-0.2, -0.15) is 0 Å². The third-order valence-corrected chi connectivity index (χ3v) is 14.2. The number of esters is 2. The molecule has 6 aromatic carbocycles. The highest BCUT2D eigenvalue weighted by molar-refractivity contribution is 5.90. The summed E-state index contributed by atoms with van der Waals surface area (Å²) >= 11 is 0. The number of hydrogen-bond acceptors (Lipinski definition) is 20. The highest BCUT2D eigenvalue weighted by Crippen LogP contribution is 2.34. The van der Waals surface area contributed by atoms with Gasteiger partial charge in [-0.05, 0) is 126 Å². The minimum Gasteiger partial charge on any atom is -0.491 e. The lowest BCUT2D eigenvalue weighted by molar-refractivity contribution is 0.0591. The van der Waals surface area contributed by atoms with Gasteiger partial charge in [0, 0.05) is 55.5 Å². The number of nitrogens with zero attached hydrogens (tertiary/aromatic N) is 8. The Morgan fingerprint density at radius 3 is 1.39 bits per heavy atom. The van der Waals surface area contributed by atoms with Gasteiger partial charge < -0.3 is 46.7 Å². The third kappa shape index (κ3) is 15.7. The molecule has 0 fully saturated rings. The zero-order chi connectivity index (χ0) is 62.0. The number of hydrogen-bond donors (Lipinski definition) is 0. The molecule has 0 aliphatic heterocycles. The molecule has 458 valence electrons. The molecular weight excluding hydrogens is 1150 g/mol. The van der Waals surface area contributed by atoms with E-state index in [9.17, 15) is 19.2 Å². The minimum atomic E-state index is -0.472. The van der Waals surface area contributed by atoms with Crippen molar-refractivity contribution in [2.75, 3.05) is 53.9 Å². The van der Waals surface area contributed by atoms with Crippen molar-refractivity contribution in [3.8, 4) is 45.6 Å². The second-order valence-corrected chi connectivity index (χ2v) is 20.5. The van der Waals surface area contributed by atoms with Crippen LogP contribution in [0.1, 0.15) is 48.8 Å². The normalized spacial score (nSPS) is 11.3. The van der Waals surface area contributed by atoms with E-state index in [0.29, 0.717) is 139 Å². The predicted molar refractivity (Wildman–Crippen MR) is 330 cm³/mol. The Bertz CT molecular complexity index is 4080. The first-order chi connectivity index (χ1) is 44.1. The summed E-state index contributed by atoms with van der Waals surface area (Å²) in [6.07, 6.45) is 7.34. The Labute approximate surface area is 515 Å². The zero-order valence-electron chi connectivity index (χ0n) is 49.3. The van der Waals surface area contributed by atoms with Gasteiger partial charge >= 0.3 is 11.9 Å². The molecule has 0 amide bonds. The molecule has 0 saturated carbocycles. The maximum Gasteiger partial charge on any atom is 0.337 e. The Morgan fingerprint density at radius 1 is 0.478 bits per heavy atom. The van der Waals surface area contributed by atoms with Gasteiger partial charge in [0.2, 0.25) is 22.4 Å². The summed E-state index contributed by atoms with van der Waals surface area (Å²) in [5.41, 5.74) is 6.15. The lowest BCUT2D eigenvalue weighted by Crippen LogP contribution is -2.23. The molecule has 5 aromatic heterocycles. The van der Waals surface area contributed by atoms with Crippen LogP contribution in [0.25, 0.3) is 44.6 Å². The van der Waals surface area contributed by atoms with Crippen molar-refractivity contribution in [3.63, 3.8) is 0 Å². The summed E-state index contributed by atoms with van der Waals surface area (Å²) in [6, 6.07) is 45.9. The molecule has 0 aliphatic carbocycles. The molecule has 0 saturated heterocycles. The molecule has 22 heteroatoms. The number of ether oxygens (including phenoxy) is 8. The van der Waals surface area contributed by atoms with Crippen LogP contribution in [0.4, 0.5) is 0 Å². The van der Waals surface area contributed by atoms with Crippen molar-refractivity contribution in [1.82, 2.24) is 39.9 Å². The number of benzene rings is 6. The summed E-state index contributed by atoms with van der Waals surface area (Å²) in [5, 5.41) is 18.4. The highest BCUT2D eigenvalue weighted by atomic mass is 16.5. The first-order valence-corrected chi connectivity index (χ1v) is 28.9. The number of carbonyl (C=O) groups excluding carboxylic acids is 2. The minimum absolute atomic E-state index is 0.0161. The van der Waals surface area contributed by atoms with Gasteiger partial charge in [-0.3, -0.25) is 19.5 Å².